The molecule has 0 heterocycles. The van der Waals surface area contributed by atoms with E-state index in [2.05, 4.69) is 0 Å². The monoisotopic (exact) mass is 328 g/mol. The largest absolute Gasteiger partial charge is 0.459 e. The third-order valence-electron chi connectivity index (χ3n) is 4.29. The molecule has 1 fully saturated rings. The fourth-order valence-corrected chi connectivity index (χ4v) is 3.25. The van der Waals surface area contributed by atoms with Gasteiger partial charge in [0.2, 0.25) is 0 Å². The molecule has 0 amide bonds. The van der Waals surface area contributed by atoms with E-state index in [1.165, 1.54) is 0 Å². The lowest BCUT2D eigenvalue weighted by atomic mass is 9.90. The molecule has 2 atom stereocenters. The van der Waals surface area contributed by atoms with Gasteiger partial charge in [0.15, 0.2) is 0 Å². The fourth-order valence-electron chi connectivity index (χ4n) is 3.13. The molecule has 0 aromatic heterocycles. The van der Waals surface area contributed by atoms with Gasteiger partial charge < -0.3 is 4.74 Å². The Balaban J connectivity index is 1.97. The maximum absolute atomic E-state index is 12.9. The molecular weight excluding hydrogens is 308 g/mol. The minimum atomic E-state index is -0.581. The van der Waals surface area contributed by atoms with Crippen molar-refractivity contribution in [1.82, 2.24) is 0 Å². The molecule has 0 spiro atoms. The number of carbonyl (C=O) groups is 1. The van der Waals surface area contributed by atoms with Gasteiger partial charge in [0.05, 0.1) is 0 Å². The van der Waals surface area contributed by atoms with Crippen molar-refractivity contribution in [2.45, 2.75) is 44.1 Å². The zero-order chi connectivity index (χ0) is 16.7. The first-order valence-electron chi connectivity index (χ1n) is 7.87. The van der Waals surface area contributed by atoms with E-state index in [0.717, 1.165) is 17.5 Å². The SMILES string of the molecule is CC(C)(C)OC(=O)[C@]1(c2ccccc2)C[C@H]1c1ccc(Cl)cc1. The second-order valence-corrected chi connectivity index (χ2v) is 7.58. The molecule has 2 aromatic rings. The molecule has 0 bridgehead atoms. The smallest absolute Gasteiger partial charge is 0.317 e. The van der Waals surface area contributed by atoms with Crippen molar-refractivity contribution in [1.29, 1.82) is 0 Å². The standard InChI is InChI=1S/C20H21ClO2/c1-19(2,3)23-18(22)20(15-7-5-4-6-8-15)13-17(20)14-9-11-16(21)12-10-14/h4-12,17H,13H2,1-3H3/t17-,20-/m0/s1. The summed E-state index contributed by atoms with van der Waals surface area (Å²) >= 11 is 5.98. The average Bonchev–Trinajstić information content (AvgIpc) is 3.24. The molecule has 120 valence electrons. The second kappa shape index (κ2) is 5.68. The maximum atomic E-state index is 12.9. The van der Waals surface area contributed by atoms with Crippen molar-refractivity contribution >= 4 is 17.6 Å². The number of benzene rings is 2. The molecule has 1 aliphatic carbocycles. The number of esters is 1. The topological polar surface area (TPSA) is 26.3 Å². The number of ether oxygens (including phenoxy) is 1. The summed E-state index contributed by atoms with van der Waals surface area (Å²) in [5.74, 6) is -0.00633. The second-order valence-electron chi connectivity index (χ2n) is 7.15. The molecule has 23 heavy (non-hydrogen) atoms. The Labute approximate surface area is 142 Å². The van der Waals surface area contributed by atoms with Gasteiger partial charge in [-0.15, -0.1) is 0 Å². The van der Waals surface area contributed by atoms with E-state index in [1.807, 2.05) is 75.4 Å². The van der Waals surface area contributed by atoms with Crippen LogP contribution < -0.4 is 0 Å². The van der Waals surface area contributed by atoms with Crippen LogP contribution in [0.1, 0.15) is 44.2 Å². The Morgan fingerprint density at radius 2 is 1.70 bits per heavy atom. The Bertz CT molecular complexity index is 701. The summed E-state index contributed by atoms with van der Waals surface area (Å²) in [5.41, 5.74) is 1.08. The molecule has 3 heteroatoms. The molecule has 1 saturated carbocycles. The van der Waals surface area contributed by atoms with E-state index in [0.29, 0.717) is 5.02 Å². The predicted molar refractivity (Wildman–Crippen MR) is 92.8 cm³/mol. The molecule has 1 aliphatic rings. The van der Waals surface area contributed by atoms with E-state index >= 15 is 0 Å². The Kier molecular flexibility index (Phi) is 3.97. The van der Waals surface area contributed by atoms with Gasteiger partial charge in [-0.25, -0.2) is 0 Å². The molecule has 3 rings (SSSR count). The highest BCUT2D eigenvalue weighted by Gasteiger charge is 2.63. The van der Waals surface area contributed by atoms with Gasteiger partial charge in [-0.05, 0) is 50.5 Å². The first-order valence-corrected chi connectivity index (χ1v) is 8.25. The van der Waals surface area contributed by atoms with Gasteiger partial charge in [-0.2, -0.15) is 0 Å². The summed E-state index contributed by atoms with van der Waals surface area (Å²) in [6, 6.07) is 17.7. The first-order chi connectivity index (χ1) is 10.8. The zero-order valence-corrected chi connectivity index (χ0v) is 14.4. The lowest BCUT2D eigenvalue weighted by Gasteiger charge is -2.25. The molecular formula is C20H21ClO2. The zero-order valence-electron chi connectivity index (χ0n) is 13.7. The van der Waals surface area contributed by atoms with Crippen LogP contribution in [0.5, 0.6) is 0 Å². The third kappa shape index (κ3) is 3.13. The first kappa shape index (κ1) is 16.1. The van der Waals surface area contributed by atoms with Crippen LogP contribution >= 0.6 is 11.6 Å². The van der Waals surface area contributed by atoms with Gasteiger partial charge in [0, 0.05) is 10.9 Å². The summed E-state index contributed by atoms with van der Waals surface area (Å²) in [5, 5.41) is 0.706. The van der Waals surface area contributed by atoms with Crippen LogP contribution in [0.25, 0.3) is 0 Å². The highest BCUT2D eigenvalue weighted by Crippen LogP contribution is 2.61. The molecule has 2 aromatic carbocycles. The normalized spacial score (nSPS) is 23.4. The Hall–Kier alpha value is -1.80. The van der Waals surface area contributed by atoms with Crippen molar-refractivity contribution in [3.8, 4) is 0 Å². The number of carbonyl (C=O) groups excluding carboxylic acids is 1. The van der Waals surface area contributed by atoms with Crippen LogP contribution in [0.3, 0.4) is 0 Å². The number of hydrogen-bond acceptors (Lipinski definition) is 2. The van der Waals surface area contributed by atoms with Crippen LogP contribution in [-0.2, 0) is 14.9 Å². The summed E-state index contributed by atoms with van der Waals surface area (Å²) in [6.07, 6.45) is 0.771. The van der Waals surface area contributed by atoms with Crippen LogP contribution in [0.15, 0.2) is 54.6 Å². The molecule has 0 unspecified atom stereocenters. The van der Waals surface area contributed by atoms with Crippen LogP contribution in [0.4, 0.5) is 0 Å². The van der Waals surface area contributed by atoms with Gasteiger partial charge >= 0.3 is 5.97 Å². The number of halogens is 1. The maximum Gasteiger partial charge on any atom is 0.317 e. The highest BCUT2D eigenvalue weighted by molar-refractivity contribution is 6.30. The molecule has 0 N–H and O–H groups in total. The van der Waals surface area contributed by atoms with Crippen LogP contribution in [0, 0.1) is 0 Å². The van der Waals surface area contributed by atoms with Gasteiger partial charge in [-0.1, -0.05) is 54.1 Å². The fraction of sp³-hybridized carbons (Fsp3) is 0.350. The van der Waals surface area contributed by atoms with Crippen LogP contribution in [-0.4, -0.2) is 11.6 Å². The third-order valence-corrected chi connectivity index (χ3v) is 4.54. The summed E-state index contributed by atoms with van der Waals surface area (Å²) in [4.78, 5) is 12.9. The van der Waals surface area contributed by atoms with Crippen molar-refractivity contribution in [3.63, 3.8) is 0 Å². The Morgan fingerprint density at radius 3 is 2.26 bits per heavy atom. The summed E-state index contributed by atoms with van der Waals surface area (Å²) in [7, 11) is 0. The number of hydrogen-bond donors (Lipinski definition) is 0. The Morgan fingerprint density at radius 1 is 1.09 bits per heavy atom. The number of rotatable bonds is 3. The van der Waals surface area contributed by atoms with E-state index in [-0.39, 0.29) is 11.9 Å². The predicted octanol–water partition coefficient (Wildman–Crippen LogP) is 5.11. The lowest BCUT2D eigenvalue weighted by Crippen LogP contribution is -2.33. The van der Waals surface area contributed by atoms with Crippen LogP contribution in [0.2, 0.25) is 5.02 Å². The molecule has 2 nitrogen and oxygen atoms in total. The van der Waals surface area contributed by atoms with Gasteiger partial charge in [0.25, 0.3) is 0 Å². The van der Waals surface area contributed by atoms with E-state index in [4.69, 9.17) is 16.3 Å². The van der Waals surface area contributed by atoms with Crippen molar-refractivity contribution in [2.75, 3.05) is 0 Å². The van der Waals surface area contributed by atoms with Gasteiger partial charge in [0.1, 0.15) is 11.0 Å². The van der Waals surface area contributed by atoms with Crippen molar-refractivity contribution in [2.24, 2.45) is 0 Å². The quantitative estimate of drug-likeness (QED) is 0.732. The van der Waals surface area contributed by atoms with Crippen molar-refractivity contribution < 1.29 is 9.53 Å². The summed E-state index contributed by atoms with van der Waals surface area (Å²) < 4.78 is 5.73. The molecule has 0 radical (unpaired) electrons. The minimum Gasteiger partial charge on any atom is -0.459 e. The highest BCUT2D eigenvalue weighted by atomic mass is 35.5. The van der Waals surface area contributed by atoms with E-state index < -0.39 is 11.0 Å². The van der Waals surface area contributed by atoms with E-state index in [1.54, 1.807) is 0 Å². The minimum absolute atomic E-state index is 0.136. The van der Waals surface area contributed by atoms with Crippen molar-refractivity contribution in [3.05, 3.63) is 70.7 Å². The molecule has 0 saturated heterocycles. The van der Waals surface area contributed by atoms with Gasteiger partial charge in [-0.3, -0.25) is 4.79 Å². The lowest BCUT2D eigenvalue weighted by molar-refractivity contribution is -0.158. The summed E-state index contributed by atoms with van der Waals surface area (Å²) in [6.45, 7) is 5.72. The average molecular weight is 329 g/mol. The van der Waals surface area contributed by atoms with E-state index in [9.17, 15) is 4.79 Å². The molecule has 0 aliphatic heterocycles.